The molecule has 0 bridgehead atoms. The Bertz CT molecular complexity index is 618. The Morgan fingerprint density at radius 2 is 2.17 bits per heavy atom. The van der Waals surface area contributed by atoms with Gasteiger partial charge in [-0.25, -0.2) is 9.59 Å². The Morgan fingerprint density at radius 1 is 1.44 bits per heavy atom. The number of carboxylic acid groups (broad SMARTS) is 1. The molecule has 0 aliphatic heterocycles. The minimum atomic E-state index is -1.04. The van der Waals surface area contributed by atoms with Crippen LogP contribution in [0.2, 0.25) is 0 Å². The van der Waals surface area contributed by atoms with Crippen LogP contribution in [0.4, 0.5) is 0 Å². The summed E-state index contributed by atoms with van der Waals surface area (Å²) in [6.07, 6.45) is 4.53. The third kappa shape index (κ3) is 2.22. The van der Waals surface area contributed by atoms with Gasteiger partial charge in [-0.15, -0.1) is 0 Å². The van der Waals surface area contributed by atoms with Gasteiger partial charge in [0.1, 0.15) is 12.0 Å². The highest BCUT2D eigenvalue weighted by Crippen LogP contribution is 2.09. The zero-order chi connectivity index (χ0) is 13.3. The molecule has 0 aromatic carbocycles. The lowest BCUT2D eigenvalue weighted by atomic mass is 10.3. The van der Waals surface area contributed by atoms with E-state index >= 15 is 0 Å². The Balaban J connectivity index is 2.23. The number of hydrogen-bond donors (Lipinski definition) is 1. The van der Waals surface area contributed by atoms with Gasteiger partial charge in [-0.05, 0) is 19.9 Å². The summed E-state index contributed by atoms with van der Waals surface area (Å²) >= 11 is 0. The molecule has 2 aromatic rings. The van der Waals surface area contributed by atoms with Crippen LogP contribution in [0.3, 0.4) is 0 Å². The van der Waals surface area contributed by atoms with Gasteiger partial charge in [0.2, 0.25) is 0 Å². The van der Waals surface area contributed by atoms with Crippen molar-refractivity contribution in [1.82, 2.24) is 9.13 Å². The summed E-state index contributed by atoms with van der Waals surface area (Å²) in [6.45, 7) is 4.06. The van der Waals surface area contributed by atoms with E-state index in [-0.39, 0.29) is 23.8 Å². The second kappa shape index (κ2) is 4.56. The van der Waals surface area contributed by atoms with Crippen LogP contribution in [0.5, 0.6) is 0 Å². The Kier molecular flexibility index (Phi) is 3.10. The van der Waals surface area contributed by atoms with Gasteiger partial charge in [0, 0.05) is 18.4 Å². The highest BCUT2D eigenvalue weighted by molar-refractivity contribution is 5.87. The molecule has 0 aliphatic rings. The summed E-state index contributed by atoms with van der Waals surface area (Å²) in [5, 5.41) is 8.76. The number of carbonyl (C=O) groups is 1. The molecule has 0 aliphatic carbocycles. The predicted molar refractivity (Wildman–Crippen MR) is 63.8 cm³/mol. The molecule has 6 nitrogen and oxygen atoms in total. The molecule has 0 saturated carbocycles. The van der Waals surface area contributed by atoms with Crippen LogP contribution in [0.25, 0.3) is 0 Å². The number of aromatic nitrogens is 2. The summed E-state index contributed by atoms with van der Waals surface area (Å²) < 4.78 is 8.18. The number of aromatic carboxylic acids is 1. The molecule has 2 heterocycles. The van der Waals surface area contributed by atoms with Gasteiger partial charge in [-0.1, -0.05) is 0 Å². The maximum Gasteiger partial charge on any atom is 0.338 e. The van der Waals surface area contributed by atoms with Gasteiger partial charge in [0.15, 0.2) is 0 Å². The third-order valence-corrected chi connectivity index (χ3v) is 2.66. The fraction of sp³-hybridized carbons (Fsp3) is 0.333. The van der Waals surface area contributed by atoms with E-state index in [1.807, 2.05) is 13.8 Å². The van der Waals surface area contributed by atoms with Crippen molar-refractivity contribution in [3.05, 3.63) is 46.5 Å². The molecule has 0 atom stereocenters. The molecule has 0 unspecified atom stereocenters. The Labute approximate surface area is 103 Å². The minimum Gasteiger partial charge on any atom is -0.478 e. The van der Waals surface area contributed by atoms with Crippen LogP contribution < -0.4 is 5.69 Å². The van der Waals surface area contributed by atoms with Crippen molar-refractivity contribution >= 4 is 5.97 Å². The van der Waals surface area contributed by atoms with E-state index < -0.39 is 5.97 Å². The van der Waals surface area contributed by atoms with E-state index in [1.165, 1.54) is 16.9 Å². The molecular weight excluding hydrogens is 236 g/mol. The monoisotopic (exact) mass is 250 g/mol. The van der Waals surface area contributed by atoms with Gasteiger partial charge in [0.25, 0.3) is 0 Å². The molecule has 0 radical (unpaired) electrons. The van der Waals surface area contributed by atoms with Crippen LogP contribution in [-0.4, -0.2) is 20.2 Å². The van der Waals surface area contributed by atoms with Crippen molar-refractivity contribution < 1.29 is 14.3 Å². The SMILES string of the molecule is CC(C)n1ccn(Cc2cc(C(=O)O)co2)c1=O. The zero-order valence-corrected chi connectivity index (χ0v) is 10.2. The lowest BCUT2D eigenvalue weighted by molar-refractivity contribution is 0.0696. The van der Waals surface area contributed by atoms with Crippen molar-refractivity contribution in [1.29, 1.82) is 0 Å². The average Bonchev–Trinajstić information content (AvgIpc) is 2.87. The van der Waals surface area contributed by atoms with Crippen molar-refractivity contribution in [3.63, 3.8) is 0 Å². The third-order valence-electron chi connectivity index (χ3n) is 2.66. The van der Waals surface area contributed by atoms with Crippen LogP contribution >= 0.6 is 0 Å². The van der Waals surface area contributed by atoms with Crippen LogP contribution in [0.15, 0.2) is 33.9 Å². The van der Waals surface area contributed by atoms with Crippen molar-refractivity contribution in [3.8, 4) is 0 Å². The van der Waals surface area contributed by atoms with Gasteiger partial charge >= 0.3 is 11.7 Å². The smallest absolute Gasteiger partial charge is 0.338 e. The molecule has 2 aromatic heterocycles. The van der Waals surface area contributed by atoms with E-state index in [0.29, 0.717) is 5.76 Å². The first-order chi connectivity index (χ1) is 8.49. The highest BCUT2D eigenvalue weighted by atomic mass is 16.4. The summed E-state index contributed by atoms with van der Waals surface area (Å²) in [5.74, 6) is -0.604. The van der Waals surface area contributed by atoms with E-state index in [2.05, 4.69) is 0 Å². The van der Waals surface area contributed by atoms with Crippen molar-refractivity contribution in [2.24, 2.45) is 0 Å². The lowest BCUT2D eigenvalue weighted by Gasteiger charge is -2.03. The van der Waals surface area contributed by atoms with E-state index in [0.717, 1.165) is 0 Å². The molecular formula is C12H14N2O4. The minimum absolute atomic E-state index is 0.0846. The largest absolute Gasteiger partial charge is 0.478 e. The molecule has 96 valence electrons. The summed E-state index contributed by atoms with van der Waals surface area (Å²) in [6, 6.07) is 1.51. The first-order valence-corrected chi connectivity index (χ1v) is 5.57. The molecule has 0 fully saturated rings. The highest BCUT2D eigenvalue weighted by Gasteiger charge is 2.11. The van der Waals surface area contributed by atoms with E-state index in [1.54, 1.807) is 17.0 Å². The van der Waals surface area contributed by atoms with Crippen LogP contribution in [0, 0.1) is 0 Å². The summed E-state index contributed by atoms with van der Waals surface area (Å²) in [7, 11) is 0. The van der Waals surface area contributed by atoms with E-state index in [4.69, 9.17) is 9.52 Å². The lowest BCUT2D eigenvalue weighted by Crippen LogP contribution is -2.25. The Morgan fingerprint density at radius 3 is 2.67 bits per heavy atom. The second-order valence-corrected chi connectivity index (χ2v) is 4.32. The average molecular weight is 250 g/mol. The first kappa shape index (κ1) is 12.2. The first-order valence-electron chi connectivity index (χ1n) is 5.57. The van der Waals surface area contributed by atoms with Gasteiger partial charge in [0.05, 0.1) is 12.1 Å². The number of rotatable bonds is 4. The second-order valence-electron chi connectivity index (χ2n) is 4.32. The van der Waals surface area contributed by atoms with Crippen molar-refractivity contribution in [2.45, 2.75) is 26.4 Å². The standard InChI is InChI=1S/C12H14N2O4/c1-8(2)14-4-3-13(12(14)17)6-10-5-9(7-18-10)11(15)16/h3-5,7-8H,6H2,1-2H3,(H,15,16). The molecule has 1 N–H and O–H groups in total. The topological polar surface area (TPSA) is 77.4 Å². The van der Waals surface area contributed by atoms with Gasteiger partial charge in [-0.2, -0.15) is 0 Å². The summed E-state index contributed by atoms with van der Waals surface area (Å²) in [4.78, 5) is 22.6. The normalized spacial score (nSPS) is 11.1. The molecule has 18 heavy (non-hydrogen) atoms. The molecule has 6 heteroatoms. The van der Waals surface area contributed by atoms with Gasteiger partial charge in [-0.3, -0.25) is 9.13 Å². The summed E-state index contributed by atoms with van der Waals surface area (Å²) in [5.41, 5.74) is -0.0559. The van der Waals surface area contributed by atoms with E-state index in [9.17, 15) is 9.59 Å². The molecule has 2 rings (SSSR count). The van der Waals surface area contributed by atoms with Crippen LogP contribution in [-0.2, 0) is 6.54 Å². The van der Waals surface area contributed by atoms with Gasteiger partial charge < -0.3 is 9.52 Å². The zero-order valence-electron chi connectivity index (χ0n) is 10.2. The number of hydrogen-bond acceptors (Lipinski definition) is 3. The fourth-order valence-corrected chi connectivity index (χ4v) is 1.69. The maximum atomic E-state index is 11.9. The molecule has 0 spiro atoms. The number of nitrogens with zero attached hydrogens (tertiary/aromatic N) is 2. The number of imidazole rings is 1. The molecule has 0 saturated heterocycles. The fourth-order valence-electron chi connectivity index (χ4n) is 1.69. The number of furan rings is 1. The Hall–Kier alpha value is -2.24. The predicted octanol–water partition coefficient (Wildman–Crippen LogP) is 1.57. The van der Waals surface area contributed by atoms with Crippen molar-refractivity contribution in [2.75, 3.05) is 0 Å². The quantitative estimate of drug-likeness (QED) is 0.893. The maximum absolute atomic E-state index is 11.9. The van der Waals surface area contributed by atoms with Crippen LogP contribution in [0.1, 0.15) is 36.0 Å². The number of carboxylic acids is 1. The molecule has 0 amide bonds.